The lowest BCUT2D eigenvalue weighted by molar-refractivity contribution is 0.355. The Labute approximate surface area is 109 Å². The van der Waals surface area contributed by atoms with Crippen LogP contribution in [0.1, 0.15) is 56.2 Å². The van der Waals surface area contributed by atoms with Crippen molar-refractivity contribution in [1.29, 1.82) is 0 Å². The zero-order chi connectivity index (χ0) is 13.1. The number of hydrogen-bond acceptors (Lipinski definition) is 2. The first-order chi connectivity index (χ1) is 8.63. The number of hydrogen-bond donors (Lipinski definition) is 1. The van der Waals surface area contributed by atoms with Gasteiger partial charge in [-0.2, -0.15) is 0 Å². The summed E-state index contributed by atoms with van der Waals surface area (Å²) >= 11 is 0. The molecule has 1 atom stereocenters. The van der Waals surface area contributed by atoms with Crippen LogP contribution in [0.4, 0.5) is 4.39 Å². The highest BCUT2D eigenvalue weighted by Crippen LogP contribution is 2.35. The predicted molar refractivity (Wildman–Crippen MR) is 71.6 cm³/mol. The van der Waals surface area contributed by atoms with Crippen LogP contribution in [0.2, 0.25) is 0 Å². The highest BCUT2D eigenvalue weighted by molar-refractivity contribution is 5.42. The third-order valence-electron chi connectivity index (χ3n) is 3.65. The summed E-state index contributed by atoms with van der Waals surface area (Å²) in [4.78, 5) is 0. The van der Waals surface area contributed by atoms with Gasteiger partial charge in [0, 0.05) is 11.6 Å². The van der Waals surface area contributed by atoms with Gasteiger partial charge in [0.2, 0.25) is 0 Å². The van der Waals surface area contributed by atoms with Crippen LogP contribution in [0.3, 0.4) is 0 Å². The standard InChI is InChI=1S/C15H22FNO/c1-10(2)11-8-12(14-6-4-5-7-17-14)15(18-3)13(16)9-11/h8-10,14,17H,4-7H2,1-3H3. The number of methoxy groups -OCH3 is 1. The van der Waals surface area contributed by atoms with E-state index in [9.17, 15) is 4.39 Å². The summed E-state index contributed by atoms with van der Waals surface area (Å²) < 4.78 is 19.3. The highest BCUT2D eigenvalue weighted by Gasteiger charge is 2.22. The molecule has 1 N–H and O–H groups in total. The molecule has 2 rings (SSSR count). The number of piperidine rings is 1. The van der Waals surface area contributed by atoms with Gasteiger partial charge in [0.25, 0.3) is 0 Å². The van der Waals surface area contributed by atoms with Crippen molar-refractivity contribution in [2.45, 2.75) is 45.1 Å². The van der Waals surface area contributed by atoms with E-state index in [0.29, 0.717) is 11.7 Å². The molecule has 0 spiro atoms. The lowest BCUT2D eigenvalue weighted by Crippen LogP contribution is -2.27. The van der Waals surface area contributed by atoms with Gasteiger partial charge >= 0.3 is 0 Å². The van der Waals surface area contributed by atoms with E-state index < -0.39 is 0 Å². The smallest absolute Gasteiger partial charge is 0.165 e. The molecule has 1 aromatic carbocycles. The number of rotatable bonds is 3. The normalized spacial score (nSPS) is 20.2. The monoisotopic (exact) mass is 251 g/mol. The minimum absolute atomic E-state index is 0.224. The average molecular weight is 251 g/mol. The molecule has 1 heterocycles. The summed E-state index contributed by atoms with van der Waals surface area (Å²) in [7, 11) is 1.54. The first-order valence-corrected chi connectivity index (χ1v) is 6.74. The van der Waals surface area contributed by atoms with Gasteiger partial charge in [-0.3, -0.25) is 0 Å². The van der Waals surface area contributed by atoms with Crippen molar-refractivity contribution in [3.05, 3.63) is 29.1 Å². The Morgan fingerprint density at radius 2 is 2.11 bits per heavy atom. The van der Waals surface area contributed by atoms with Crippen LogP contribution < -0.4 is 10.1 Å². The fraction of sp³-hybridized carbons (Fsp3) is 0.600. The second kappa shape index (κ2) is 5.70. The molecule has 0 saturated carbocycles. The molecule has 1 saturated heterocycles. The minimum atomic E-state index is -0.244. The quantitative estimate of drug-likeness (QED) is 0.883. The first kappa shape index (κ1) is 13.3. The van der Waals surface area contributed by atoms with Gasteiger partial charge in [-0.15, -0.1) is 0 Å². The molecule has 0 aliphatic carbocycles. The van der Waals surface area contributed by atoms with Crippen molar-refractivity contribution in [2.24, 2.45) is 0 Å². The summed E-state index contributed by atoms with van der Waals surface area (Å²) in [6.07, 6.45) is 3.44. The van der Waals surface area contributed by atoms with Gasteiger partial charge in [-0.05, 0) is 36.9 Å². The number of ether oxygens (including phenoxy) is 1. The SMILES string of the molecule is COc1c(F)cc(C(C)C)cc1C1CCCCN1. The number of halogens is 1. The van der Waals surface area contributed by atoms with Crippen LogP contribution >= 0.6 is 0 Å². The molecular formula is C15H22FNO. The Bertz CT molecular complexity index is 411. The lowest BCUT2D eigenvalue weighted by atomic mass is 9.92. The fourth-order valence-electron chi connectivity index (χ4n) is 2.56. The Morgan fingerprint density at radius 3 is 2.67 bits per heavy atom. The predicted octanol–water partition coefficient (Wildman–Crippen LogP) is 3.77. The molecule has 100 valence electrons. The third kappa shape index (κ3) is 2.66. The van der Waals surface area contributed by atoms with Crippen molar-refractivity contribution < 1.29 is 9.13 Å². The van der Waals surface area contributed by atoms with Crippen molar-refractivity contribution in [3.63, 3.8) is 0 Å². The fourth-order valence-corrected chi connectivity index (χ4v) is 2.56. The van der Waals surface area contributed by atoms with E-state index in [1.54, 1.807) is 13.2 Å². The molecule has 1 aliphatic heterocycles. The van der Waals surface area contributed by atoms with E-state index in [1.807, 2.05) is 0 Å². The Kier molecular flexibility index (Phi) is 4.23. The van der Waals surface area contributed by atoms with E-state index >= 15 is 0 Å². The van der Waals surface area contributed by atoms with E-state index in [0.717, 1.165) is 24.1 Å². The van der Waals surface area contributed by atoms with Crippen LogP contribution in [0.25, 0.3) is 0 Å². The van der Waals surface area contributed by atoms with Gasteiger partial charge in [-0.25, -0.2) is 4.39 Å². The molecule has 0 aromatic heterocycles. The van der Waals surface area contributed by atoms with Gasteiger partial charge in [0.05, 0.1) is 7.11 Å². The zero-order valence-electron chi connectivity index (χ0n) is 11.4. The Morgan fingerprint density at radius 1 is 1.33 bits per heavy atom. The van der Waals surface area contributed by atoms with Gasteiger partial charge in [-0.1, -0.05) is 26.3 Å². The summed E-state index contributed by atoms with van der Waals surface area (Å²) in [5.74, 6) is 0.484. The first-order valence-electron chi connectivity index (χ1n) is 6.74. The van der Waals surface area contributed by atoms with Crippen molar-refractivity contribution >= 4 is 0 Å². The minimum Gasteiger partial charge on any atom is -0.493 e. The zero-order valence-corrected chi connectivity index (χ0v) is 11.4. The number of nitrogens with one attached hydrogen (secondary N) is 1. The molecule has 2 nitrogen and oxygen atoms in total. The van der Waals surface area contributed by atoms with E-state index in [4.69, 9.17) is 4.74 Å². The molecular weight excluding hydrogens is 229 g/mol. The molecule has 3 heteroatoms. The molecule has 1 aliphatic rings. The Hall–Kier alpha value is -1.09. The van der Waals surface area contributed by atoms with Crippen molar-refractivity contribution in [2.75, 3.05) is 13.7 Å². The van der Waals surface area contributed by atoms with Crippen molar-refractivity contribution in [3.8, 4) is 5.75 Å². The average Bonchev–Trinajstić information content (AvgIpc) is 2.38. The van der Waals surface area contributed by atoms with Crippen molar-refractivity contribution in [1.82, 2.24) is 5.32 Å². The summed E-state index contributed by atoms with van der Waals surface area (Å²) in [6.45, 7) is 5.17. The molecule has 1 aromatic rings. The van der Waals surface area contributed by atoms with E-state index in [-0.39, 0.29) is 11.9 Å². The molecule has 0 bridgehead atoms. The van der Waals surface area contributed by atoms with Crippen LogP contribution in [0, 0.1) is 5.82 Å². The molecule has 0 amide bonds. The molecule has 18 heavy (non-hydrogen) atoms. The van der Waals surface area contributed by atoms with E-state index in [1.165, 1.54) is 12.8 Å². The molecule has 1 fully saturated rings. The molecule has 0 radical (unpaired) electrons. The topological polar surface area (TPSA) is 21.3 Å². The number of benzene rings is 1. The highest BCUT2D eigenvalue weighted by atomic mass is 19.1. The Balaban J connectivity index is 2.41. The third-order valence-corrected chi connectivity index (χ3v) is 3.65. The van der Waals surface area contributed by atoms with Crippen LogP contribution in [-0.2, 0) is 0 Å². The summed E-state index contributed by atoms with van der Waals surface area (Å²) in [6, 6.07) is 3.91. The lowest BCUT2D eigenvalue weighted by Gasteiger charge is -2.26. The van der Waals surface area contributed by atoms with Crippen LogP contribution in [0.15, 0.2) is 12.1 Å². The van der Waals surface area contributed by atoms with Crippen LogP contribution in [0.5, 0.6) is 5.75 Å². The molecule has 1 unspecified atom stereocenters. The summed E-state index contributed by atoms with van der Waals surface area (Å²) in [5.41, 5.74) is 2.01. The van der Waals surface area contributed by atoms with Crippen LogP contribution in [-0.4, -0.2) is 13.7 Å². The maximum atomic E-state index is 14.1. The van der Waals surface area contributed by atoms with Gasteiger partial charge < -0.3 is 10.1 Å². The largest absolute Gasteiger partial charge is 0.493 e. The van der Waals surface area contributed by atoms with Gasteiger partial charge in [0.15, 0.2) is 11.6 Å². The maximum absolute atomic E-state index is 14.1. The summed E-state index contributed by atoms with van der Waals surface area (Å²) in [5, 5.41) is 3.46. The second-order valence-electron chi connectivity index (χ2n) is 5.28. The second-order valence-corrected chi connectivity index (χ2v) is 5.28. The maximum Gasteiger partial charge on any atom is 0.165 e. The van der Waals surface area contributed by atoms with E-state index in [2.05, 4.69) is 25.2 Å². The van der Waals surface area contributed by atoms with Gasteiger partial charge in [0.1, 0.15) is 0 Å².